The van der Waals surface area contributed by atoms with Crippen LogP contribution in [0.5, 0.6) is 0 Å². The molecule has 8 nitrogen and oxygen atoms in total. The lowest BCUT2D eigenvalue weighted by Gasteiger charge is -2.50. The summed E-state index contributed by atoms with van der Waals surface area (Å²) < 4.78 is 0. The molecule has 3 heterocycles. The normalized spacial score (nSPS) is 24.7. The number of nitrogens with zero attached hydrogens (tertiary/aromatic N) is 2. The van der Waals surface area contributed by atoms with Gasteiger partial charge in [-0.3, -0.25) is 24.6 Å². The van der Waals surface area contributed by atoms with Crippen LogP contribution < -0.4 is 5.32 Å². The number of benzene rings is 2. The Morgan fingerprint density at radius 3 is 2.51 bits per heavy atom. The number of β-amino-alcohol motifs (C(OH)–C–C–N with tert-alkyl or cyclic N) is 1. The van der Waals surface area contributed by atoms with Gasteiger partial charge in [0.05, 0.1) is 0 Å². The molecule has 0 aromatic heterocycles. The molecule has 2 unspecified atom stereocenters. The molecule has 216 valence electrons. The molecule has 0 saturated carbocycles. The number of piperidine rings is 1. The Hall–Kier alpha value is -3.04. The van der Waals surface area contributed by atoms with E-state index in [-0.39, 0.29) is 30.2 Å². The molecule has 2 atom stereocenters. The summed E-state index contributed by atoms with van der Waals surface area (Å²) in [5.74, 6) is -1.04. The zero-order valence-electron chi connectivity index (χ0n) is 23.5. The number of amides is 3. The van der Waals surface area contributed by atoms with Crippen molar-refractivity contribution in [1.82, 2.24) is 15.1 Å². The highest BCUT2D eigenvalue weighted by atomic mass is 35.5. The average molecular weight is 578 g/mol. The first-order chi connectivity index (χ1) is 19.4. The van der Waals surface area contributed by atoms with Crippen LogP contribution in [0.1, 0.15) is 79.1 Å². The number of hydrogen-bond acceptors (Lipinski definition) is 6. The summed E-state index contributed by atoms with van der Waals surface area (Å²) in [4.78, 5) is 40.6. The number of hydrogen-bond donors (Lipinski definition) is 3. The van der Waals surface area contributed by atoms with Gasteiger partial charge < -0.3 is 15.1 Å². The molecule has 0 bridgehead atoms. The number of imide groups is 1. The van der Waals surface area contributed by atoms with E-state index < -0.39 is 23.7 Å². The molecule has 3 amide bonds. The number of aliphatic hydroxyl groups is 2. The van der Waals surface area contributed by atoms with Gasteiger partial charge in [-0.15, -0.1) is 0 Å². The van der Waals surface area contributed by atoms with Gasteiger partial charge >= 0.3 is 0 Å². The molecule has 6 rings (SSSR count). The summed E-state index contributed by atoms with van der Waals surface area (Å²) in [7, 11) is 0. The first kappa shape index (κ1) is 28.1. The van der Waals surface area contributed by atoms with Gasteiger partial charge in [-0.25, -0.2) is 0 Å². The molecule has 2 aromatic rings. The molecular weight excluding hydrogens is 542 g/mol. The number of halogens is 1. The second-order valence-corrected chi connectivity index (χ2v) is 13.3. The number of likely N-dealkylation sites (tertiary alicyclic amines) is 1. The van der Waals surface area contributed by atoms with E-state index in [1.54, 1.807) is 18.2 Å². The topological polar surface area (TPSA) is 110 Å². The Morgan fingerprint density at radius 2 is 1.80 bits per heavy atom. The lowest BCUT2D eigenvalue weighted by molar-refractivity contribution is -0.165. The second-order valence-electron chi connectivity index (χ2n) is 12.9. The minimum atomic E-state index is -1.30. The van der Waals surface area contributed by atoms with E-state index >= 15 is 0 Å². The van der Waals surface area contributed by atoms with Crippen molar-refractivity contribution in [3.8, 4) is 0 Å². The molecule has 41 heavy (non-hydrogen) atoms. The first-order valence-electron chi connectivity index (χ1n) is 14.3. The smallest absolute Gasteiger partial charge is 0.255 e. The fraction of sp³-hybridized carbons (Fsp3) is 0.469. The number of allylic oxidation sites excluding steroid dienone is 1. The SMILES string of the molecule is CC1(C)CCC(CN2CC(O)(C(O)c3ccc4c(c3)CN(C3CCC(=O)NC3=O)C4=O)C2)=C(c2ccc(Cl)cc2)C1. The van der Waals surface area contributed by atoms with Crippen molar-refractivity contribution in [3.63, 3.8) is 0 Å². The van der Waals surface area contributed by atoms with Crippen LogP contribution in [0, 0.1) is 5.41 Å². The maximum absolute atomic E-state index is 13.0. The van der Waals surface area contributed by atoms with Gasteiger partial charge in [0.25, 0.3) is 5.91 Å². The highest BCUT2D eigenvalue weighted by molar-refractivity contribution is 6.30. The summed E-state index contributed by atoms with van der Waals surface area (Å²) in [6.07, 6.45) is 2.45. The van der Waals surface area contributed by atoms with Gasteiger partial charge in [0, 0.05) is 43.2 Å². The monoisotopic (exact) mass is 577 g/mol. The Morgan fingerprint density at radius 1 is 1.07 bits per heavy atom. The van der Waals surface area contributed by atoms with Gasteiger partial charge in [-0.05, 0) is 71.6 Å². The largest absolute Gasteiger partial charge is 0.385 e. The third kappa shape index (κ3) is 5.34. The molecule has 0 spiro atoms. The Labute approximate surface area is 245 Å². The highest BCUT2D eigenvalue weighted by Gasteiger charge is 2.48. The van der Waals surface area contributed by atoms with Gasteiger partial charge in [-0.1, -0.05) is 55.3 Å². The molecular formula is C32H36ClN3O5. The van der Waals surface area contributed by atoms with E-state index in [4.69, 9.17) is 11.6 Å². The van der Waals surface area contributed by atoms with Crippen LogP contribution >= 0.6 is 11.6 Å². The number of carbonyl (C=O) groups excluding carboxylic acids is 3. The molecule has 4 aliphatic rings. The van der Waals surface area contributed by atoms with E-state index in [1.807, 2.05) is 12.1 Å². The number of aliphatic hydroxyl groups excluding tert-OH is 1. The van der Waals surface area contributed by atoms with Crippen LogP contribution in [-0.2, 0) is 16.1 Å². The maximum atomic E-state index is 13.0. The second kappa shape index (κ2) is 10.3. The lowest BCUT2D eigenvalue weighted by Crippen LogP contribution is -2.64. The predicted molar refractivity (Wildman–Crippen MR) is 155 cm³/mol. The Balaban J connectivity index is 1.14. The van der Waals surface area contributed by atoms with Crippen molar-refractivity contribution < 1.29 is 24.6 Å². The minimum absolute atomic E-state index is 0.194. The maximum Gasteiger partial charge on any atom is 0.255 e. The predicted octanol–water partition coefficient (Wildman–Crippen LogP) is 3.85. The van der Waals surface area contributed by atoms with E-state index in [9.17, 15) is 24.6 Å². The van der Waals surface area contributed by atoms with E-state index in [0.717, 1.165) is 25.8 Å². The molecule has 2 fully saturated rings. The summed E-state index contributed by atoms with van der Waals surface area (Å²) in [6.45, 7) is 6.24. The molecule has 2 saturated heterocycles. The summed E-state index contributed by atoms with van der Waals surface area (Å²) in [5, 5.41) is 25.6. The van der Waals surface area contributed by atoms with Gasteiger partial charge in [0.15, 0.2) is 0 Å². The van der Waals surface area contributed by atoms with Crippen molar-refractivity contribution in [2.45, 2.75) is 70.2 Å². The number of rotatable bonds is 6. The lowest BCUT2D eigenvalue weighted by atomic mass is 9.72. The average Bonchev–Trinajstić information content (AvgIpc) is 3.23. The van der Waals surface area contributed by atoms with Crippen LogP contribution in [0.2, 0.25) is 5.02 Å². The van der Waals surface area contributed by atoms with Crippen molar-refractivity contribution in [3.05, 3.63) is 75.3 Å². The number of carbonyl (C=O) groups is 3. The van der Waals surface area contributed by atoms with Crippen molar-refractivity contribution in [2.24, 2.45) is 5.41 Å². The third-order valence-electron chi connectivity index (χ3n) is 9.16. The molecule has 2 aromatic carbocycles. The fourth-order valence-corrected chi connectivity index (χ4v) is 6.95. The van der Waals surface area contributed by atoms with Gasteiger partial charge in [0.1, 0.15) is 17.7 Å². The summed E-state index contributed by atoms with van der Waals surface area (Å²) >= 11 is 6.14. The van der Waals surface area contributed by atoms with Gasteiger partial charge in [0.2, 0.25) is 11.8 Å². The molecule has 3 N–H and O–H groups in total. The Kier molecular flexibility index (Phi) is 7.09. The first-order valence-corrected chi connectivity index (χ1v) is 14.7. The zero-order chi connectivity index (χ0) is 29.1. The van der Waals surface area contributed by atoms with Crippen molar-refractivity contribution in [2.75, 3.05) is 19.6 Å². The minimum Gasteiger partial charge on any atom is -0.385 e. The molecule has 0 radical (unpaired) electrons. The molecule has 3 aliphatic heterocycles. The van der Waals surface area contributed by atoms with Crippen LogP contribution in [0.15, 0.2) is 48.0 Å². The summed E-state index contributed by atoms with van der Waals surface area (Å²) in [6, 6.07) is 12.4. The standard InChI is InChI=1S/C32H36ClN3O5/c1-31(2)12-11-21(25(14-31)19-3-6-23(33)7-4-19)15-35-17-32(41,18-35)28(38)20-5-8-24-22(13-20)16-36(30(24)40)26-9-10-27(37)34-29(26)39/h3-8,13,26,28,38,41H,9-12,14-18H2,1-2H3,(H,34,37,39). The zero-order valence-corrected chi connectivity index (χ0v) is 24.2. The Bertz CT molecular complexity index is 1440. The highest BCUT2D eigenvalue weighted by Crippen LogP contribution is 2.44. The van der Waals surface area contributed by atoms with Crippen molar-refractivity contribution >= 4 is 34.9 Å². The van der Waals surface area contributed by atoms with Crippen LogP contribution in [0.3, 0.4) is 0 Å². The van der Waals surface area contributed by atoms with Crippen LogP contribution in [0.4, 0.5) is 0 Å². The van der Waals surface area contributed by atoms with Gasteiger partial charge in [-0.2, -0.15) is 0 Å². The third-order valence-corrected chi connectivity index (χ3v) is 9.41. The molecule has 9 heteroatoms. The number of nitrogens with one attached hydrogen (secondary N) is 1. The fourth-order valence-electron chi connectivity index (χ4n) is 6.82. The van der Waals surface area contributed by atoms with Crippen LogP contribution in [0.25, 0.3) is 5.57 Å². The van der Waals surface area contributed by atoms with E-state index in [2.05, 4.69) is 36.2 Å². The van der Waals surface area contributed by atoms with Crippen LogP contribution in [-0.4, -0.2) is 69.0 Å². The molecule has 1 aliphatic carbocycles. The van der Waals surface area contributed by atoms with E-state index in [1.165, 1.54) is 21.6 Å². The number of fused-ring (bicyclic) bond motifs is 1. The summed E-state index contributed by atoms with van der Waals surface area (Å²) in [5.41, 5.74) is 4.55. The van der Waals surface area contributed by atoms with Crippen molar-refractivity contribution in [1.29, 1.82) is 0 Å². The van der Waals surface area contributed by atoms with E-state index in [0.29, 0.717) is 41.2 Å². The quantitative estimate of drug-likeness (QED) is 0.450.